The standard InChI is InChI=1S/C33H39NO9/c1-33(2,3)43-29(37)15-14-25(19-35)34-31(38)24-17-27-30(41-20-40-27)28(18-24)42-32(39)23-12-7-9-21(16-23)8-6-11-22-10-4-5-13-26(22)36/h4-10,12-13,16-17,25,27-28,30,35-36H,11,14-15,18-20H2,1-3H3,(H,34,38). The number of aliphatic hydroxyl groups is 1. The SMILES string of the molecule is CC(C)(C)OC(=O)CCC(CO)NC(=O)C1=CC2OCOC2C(OC(=O)c2cccc(C=CCc3ccccc3O)c2)C1. The summed E-state index contributed by atoms with van der Waals surface area (Å²) in [5.41, 5.74) is 1.62. The quantitative estimate of drug-likeness (QED) is 0.332. The van der Waals surface area contributed by atoms with Gasteiger partial charge < -0.3 is 34.5 Å². The second-order valence-corrected chi connectivity index (χ2v) is 11.6. The van der Waals surface area contributed by atoms with Gasteiger partial charge in [-0.3, -0.25) is 9.59 Å². The third kappa shape index (κ3) is 9.25. The van der Waals surface area contributed by atoms with Crippen molar-refractivity contribution in [3.8, 4) is 5.75 Å². The number of phenolic OH excluding ortho intramolecular Hbond substituents is 1. The van der Waals surface area contributed by atoms with Crippen LogP contribution in [0.15, 0.2) is 66.3 Å². The molecule has 0 saturated carbocycles. The van der Waals surface area contributed by atoms with Crippen LogP contribution in [0.2, 0.25) is 0 Å². The molecule has 0 aromatic heterocycles. The Morgan fingerprint density at radius 2 is 1.91 bits per heavy atom. The first-order valence-corrected chi connectivity index (χ1v) is 14.3. The summed E-state index contributed by atoms with van der Waals surface area (Å²) in [6, 6.07) is 13.4. The molecule has 1 aliphatic carbocycles. The highest BCUT2D eigenvalue weighted by molar-refractivity contribution is 5.94. The van der Waals surface area contributed by atoms with Gasteiger partial charge in [0.2, 0.25) is 5.91 Å². The largest absolute Gasteiger partial charge is 0.508 e. The number of carbonyl (C=O) groups is 3. The van der Waals surface area contributed by atoms with E-state index in [9.17, 15) is 24.6 Å². The van der Waals surface area contributed by atoms with Crippen molar-refractivity contribution in [3.63, 3.8) is 0 Å². The van der Waals surface area contributed by atoms with Gasteiger partial charge in [-0.25, -0.2) is 4.79 Å². The van der Waals surface area contributed by atoms with Gasteiger partial charge in [-0.1, -0.05) is 42.5 Å². The number of hydrogen-bond donors (Lipinski definition) is 3. The van der Waals surface area contributed by atoms with Crippen LogP contribution in [-0.4, -0.2) is 71.4 Å². The molecule has 4 atom stereocenters. The first-order valence-electron chi connectivity index (χ1n) is 14.3. The van der Waals surface area contributed by atoms with Crippen LogP contribution in [-0.2, 0) is 35.0 Å². The molecule has 4 unspecified atom stereocenters. The van der Waals surface area contributed by atoms with E-state index in [1.165, 1.54) is 0 Å². The predicted octanol–water partition coefficient (Wildman–Crippen LogP) is 3.84. The maximum Gasteiger partial charge on any atom is 0.338 e. The molecule has 2 aliphatic rings. The van der Waals surface area contributed by atoms with Gasteiger partial charge in [0.15, 0.2) is 0 Å². The number of rotatable bonds is 11. The van der Waals surface area contributed by atoms with E-state index < -0.39 is 47.8 Å². The Balaban J connectivity index is 1.37. The minimum Gasteiger partial charge on any atom is -0.508 e. The number of allylic oxidation sites excluding steroid dienone is 1. The zero-order valence-corrected chi connectivity index (χ0v) is 24.7. The summed E-state index contributed by atoms with van der Waals surface area (Å²) in [4.78, 5) is 38.4. The van der Waals surface area contributed by atoms with E-state index in [0.717, 1.165) is 11.1 Å². The van der Waals surface area contributed by atoms with Gasteiger partial charge in [0, 0.05) is 18.4 Å². The molecule has 2 aromatic rings. The zero-order chi connectivity index (χ0) is 31.0. The highest BCUT2D eigenvalue weighted by atomic mass is 16.7. The fourth-order valence-electron chi connectivity index (χ4n) is 4.88. The van der Waals surface area contributed by atoms with Crippen molar-refractivity contribution in [2.75, 3.05) is 13.4 Å². The summed E-state index contributed by atoms with van der Waals surface area (Å²) in [6.45, 7) is 4.95. The average molecular weight is 594 g/mol. The molecule has 0 bridgehead atoms. The number of phenols is 1. The molecule has 10 heteroatoms. The number of ether oxygens (including phenoxy) is 4. The van der Waals surface area contributed by atoms with Crippen molar-refractivity contribution in [1.29, 1.82) is 0 Å². The lowest BCUT2D eigenvalue weighted by molar-refractivity contribution is -0.155. The van der Waals surface area contributed by atoms with E-state index in [-0.39, 0.29) is 38.4 Å². The van der Waals surface area contributed by atoms with E-state index in [2.05, 4.69) is 5.32 Å². The molecule has 1 fully saturated rings. The van der Waals surface area contributed by atoms with Crippen LogP contribution in [0.3, 0.4) is 0 Å². The van der Waals surface area contributed by atoms with Gasteiger partial charge in [-0.05, 0) is 69.0 Å². The molecular weight excluding hydrogens is 554 g/mol. The number of carbonyl (C=O) groups excluding carboxylic acids is 3. The summed E-state index contributed by atoms with van der Waals surface area (Å²) in [6.07, 6.45) is 4.34. The van der Waals surface area contributed by atoms with Crippen molar-refractivity contribution in [2.24, 2.45) is 0 Å². The van der Waals surface area contributed by atoms with Gasteiger partial charge in [-0.2, -0.15) is 0 Å². The van der Waals surface area contributed by atoms with Crippen LogP contribution < -0.4 is 5.32 Å². The van der Waals surface area contributed by atoms with Gasteiger partial charge in [0.05, 0.1) is 18.2 Å². The van der Waals surface area contributed by atoms with Gasteiger partial charge in [-0.15, -0.1) is 0 Å². The normalized spacial score (nSPS) is 20.7. The molecule has 1 aliphatic heterocycles. The van der Waals surface area contributed by atoms with Crippen LogP contribution in [0.4, 0.5) is 0 Å². The Hall–Kier alpha value is -3.99. The van der Waals surface area contributed by atoms with Gasteiger partial charge >= 0.3 is 11.9 Å². The second-order valence-electron chi connectivity index (χ2n) is 11.6. The molecule has 1 saturated heterocycles. The first kappa shape index (κ1) is 31.9. The summed E-state index contributed by atoms with van der Waals surface area (Å²) >= 11 is 0. The Morgan fingerprint density at radius 1 is 1.12 bits per heavy atom. The molecule has 0 radical (unpaired) electrons. The van der Waals surface area contributed by atoms with E-state index in [1.54, 1.807) is 57.2 Å². The minimum absolute atomic E-state index is 0.00118. The number of hydrogen-bond acceptors (Lipinski definition) is 9. The summed E-state index contributed by atoms with van der Waals surface area (Å²) in [5.74, 6) is -1.21. The number of nitrogens with one attached hydrogen (secondary N) is 1. The van der Waals surface area contributed by atoms with E-state index in [4.69, 9.17) is 18.9 Å². The third-order valence-corrected chi connectivity index (χ3v) is 6.98. The topological polar surface area (TPSA) is 141 Å². The van der Waals surface area contributed by atoms with Crippen LogP contribution in [0.1, 0.15) is 61.5 Å². The number of para-hydroxylation sites is 1. The molecule has 43 heavy (non-hydrogen) atoms. The average Bonchev–Trinajstić information content (AvgIpc) is 3.44. The molecule has 10 nitrogen and oxygen atoms in total. The Bertz CT molecular complexity index is 1360. The van der Waals surface area contributed by atoms with Crippen LogP contribution in [0.5, 0.6) is 5.75 Å². The molecule has 2 aromatic carbocycles. The lowest BCUT2D eigenvalue weighted by Crippen LogP contribution is -2.45. The molecule has 4 rings (SSSR count). The summed E-state index contributed by atoms with van der Waals surface area (Å²) < 4.78 is 22.4. The number of aliphatic hydroxyl groups excluding tert-OH is 1. The number of fused-ring (bicyclic) bond motifs is 1. The monoisotopic (exact) mass is 593 g/mol. The van der Waals surface area contributed by atoms with Crippen molar-refractivity contribution in [1.82, 2.24) is 5.32 Å². The maximum absolute atomic E-state index is 13.2. The lowest BCUT2D eigenvalue weighted by Gasteiger charge is -2.30. The molecule has 3 N–H and O–H groups in total. The third-order valence-electron chi connectivity index (χ3n) is 6.98. The highest BCUT2D eigenvalue weighted by Gasteiger charge is 2.42. The number of benzene rings is 2. The highest BCUT2D eigenvalue weighted by Crippen LogP contribution is 2.31. The lowest BCUT2D eigenvalue weighted by atomic mass is 9.91. The van der Waals surface area contributed by atoms with Crippen molar-refractivity contribution in [3.05, 3.63) is 82.9 Å². The number of amides is 1. The van der Waals surface area contributed by atoms with E-state index in [1.807, 2.05) is 30.4 Å². The maximum atomic E-state index is 13.2. The van der Waals surface area contributed by atoms with Crippen LogP contribution >= 0.6 is 0 Å². The minimum atomic E-state index is -0.777. The number of esters is 2. The number of aromatic hydroxyl groups is 1. The molecular formula is C33H39NO9. The van der Waals surface area contributed by atoms with Crippen molar-refractivity contribution >= 4 is 23.9 Å². The Labute approximate surface area is 251 Å². The smallest absolute Gasteiger partial charge is 0.338 e. The van der Waals surface area contributed by atoms with E-state index >= 15 is 0 Å². The van der Waals surface area contributed by atoms with Crippen LogP contribution in [0.25, 0.3) is 6.08 Å². The fraction of sp³-hybridized carbons (Fsp3) is 0.424. The molecule has 1 heterocycles. The summed E-state index contributed by atoms with van der Waals surface area (Å²) in [7, 11) is 0. The Morgan fingerprint density at radius 3 is 2.65 bits per heavy atom. The molecule has 230 valence electrons. The van der Waals surface area contributed by atoms with E-state index in [0.29, 0.717) is 17.6 Å². The van der Waals surface area contributed by atoms with Crippen molar-refractivity contribution in [2.45, 2.75) is 76.4 Å². The summed E-state index contributed by atoms with van der Waals surface area (Å²) in [5, 5.41) is 22.5. The fourth-order valence-corrected chi connectivity index (χ4v) is 4.88. The van der Waals surface area contributed by atoms with Crippen molar-refractivity contribution < 1.29 is 43.5 Å². The molecule has 1 amide bonds. The predicted molar refractivity (Wildman–Crippen MR) is 158 cm³/mol. The first-order chi connectivity index (χ1) is 20.5. The molecule has 0 spiro atoms. The second kappa shape index (κ2) is 14.5. The Kier molecular flexibility index (Phi) is 10.7. The zero-order valence-electron chi connectivity index (χ0n) is 24.7. The van der Waals surface area contributed by atoms with Gasteiger partial charge in [0.1, 0.15) is 36.5 Å². The van der Waals surface area contributed by atoms with Crippen LogP contribution in [0, 0.1) is 0 Å². The van der Waals surface area contributed by atoms with Gasteiger partial charge in [0.25, 0.3) is 0 Å².